The lowest BCUT2D eigenvalue weighted by atomic mass is 9.91. The van der Waals surface area contributed by atoms with Gasteiger partial charge in [-0.3, -0.25) is 4.21 Å². The largest absolute Gasteiger partial charge is 0.311 e. The molecule has 2 unspecified atom stereocenters. The van der Waals surface area contributed by atoms with E-state index in [-0.39, 0.29) is 0 Å². The molecule has 1 N–H and O–H groups in total. The average Bonchev–Trinajstić information content (AvgIpc) is 2.32. The first-order valence-corrected chi connectivity index (χ1v) is 8.43. The second-order valence-electron chi connectivity index (χ2n) is 5.74. The maximum atomic E-state index is 11.3. The van der Waals surface area contributed by atoms with Crippen molar-refractivity contribution in [2.24, 2.45) is 5.92 Å². The number of nitrogens with one attached hydrogen (secondary N) is 1. The van der Waals surface area contributed by atoms with Crippen molar-refractivity contribution in [3.05, 3.63) is 0 Å². The maximum absolute atomic E-state index is 11.3. The lowest BCUT2D eigenvalue weighted by Gasteiger charge is -2.36. The van der Waals surface area contributed by atoms with E-state index in [1.807, 2.05) is 0 Å². The van der Waals surface area contributed by atoms with Crippen LogP contribution in [0.1, 0.15) is 32.6 Å². The van der Waals surface area contributed by atoms with Gasteiger partial charge in [-0.15, -0.1) is 0 Å². The zero-order chi connectivity index (χ0) is 12.3. The molecule has 0 bridgehead atoms. The number of rotatable bonds is 3. The van der Waals surface area contributed by atoms with Crippen molar-refractivity contribution in [1.29, 1.82) is 0 Å². The summed E-state index contributed by atoms with van der Waals surface area (Å²) in [5.41, 5.74) is 0. The number of hydrogen-bond donors (Lipinski definition) is 1. The number of piperidine rings is 1. The second kappa shape index (κ2) is 6.30. The Hall–Kier alpha value is 0.0700. The first-order valence-electron chi connectivity index (χ1n) is 6.94. The Morgan fingerprint density at radius 1 is 1.29 bits per heavy atom. The molecule has 0 radical (unpaired) electrons. The highest BCUT2D eigenvalue weighted by atomic mass is 32.2. The molecule has 0 aromatic carbocycles. The SMILES string of the molecule is CC(NC1CCS(=O)CC1)C1CCCN(C)C1. The van der Waals surface area contributed by atoms with Gasteiger partial charge >= 0.3 is 0 Å². The summed E-state index contributed by atoms with van der Waals surface area (Å²) in [6.45, 7) is 4.81. The van der Waals surface area contributed by atoms with Crippen molar-refractivity contribution in [3.8, 4) is 0 Å². The zero-order valence-electron chi connectivity index (χ0n) is 11.2. The van der Waals surface area contributed by atoms with Crippen LogP contribution >= 0.6 is 0 Å². The van der Waals surface area contributed by atoms with Crippen molar-refractivity contribution in [3.63, 3.8) is 0 Å². The third-order valence-electron chi connectivity index (χ3n) is 4.25. The van der Waals surface area contributed by atoms with Crippen LogP contribution in [0.25, 0.3) is 0 Å². The lowest BCUT2D eigenvalue weighted by molar-refractivity contribution is 0.171. The molecule has 0 spiro atoms. The summed E-state index contributed by atoms with van der Waals surface area (Å²) in [7, 11) is 1.69. The number of likely N-dealkylation sites (tertiary alicyclic amines) is 1. The molecule has 2 aliphatic rings. The van der Waals surface area contributed by atoms with Gasteiger partial charge < -0.3 is 10.2 Å². The molecular weight excluding hydrogens is 232 g/mol. The van der Waals surface area contributed by atoms with Gasteiger partial charge in [0, 0.05) is 40.9 Å². The van der Waals surface area contributed by atoms with E-state index >= 15 is 0 Å². The third kappa shape index (κ3) is 4.04. The van der Waals surface area contributed by atoms with Crippen molar-refractivity contribution < 1.29 is 4.21 Å². The van der Waals surface area contributed by atoms with Crippen LogP contribution in [0.3, 0.4) is 0 Å². The fraction of sp³-hybridized carbons (Fsp3) is 1.00. The van der Waals surface area contributed by atoms with E-state index in [2.05, 4.69) is 24.2 Å². The minimum absolute atomic E-state index is 0.534. The molecule has 0 aromatic heterocycles. The number of hydrogen-bond acceptors (Lipinski definition) is 3. The summed E-state index contributed by atoms with van der Waals surface area (Å²) < 4.78 is 11.3. The van der Waals surface area contributed by atoms with Crippen LogP contribution < -0.4 is 5.32 Å². The molecular formula is C13H26N2OS. The maximum Gasteiger partial charge on any atom is 0.0249 e. The third-order valence-corrected chi connectivity index (χ3v) is 5.64. The van der Waals surface area contributed by atoms with Gasteiger partial charge in [-0.25, -0.2) is 0 Å². The van der Waals surface area contributed by atoms with Crippen molar-refractivity contribution in [2.45, 2.75) is 44.7 Å². The Labute approximate surface area is 108 Å². The van der Waals surface area contributed by atoms with E-state index in [4.69, 9.17) is 0 Å². The fourth-order valence-corrected chi connectivity index (χ4v) is 4.38. The highest BCUT2D eigenvalue weighted by Gasteiger charge is 2.26. The predicted octanol–water partition coefficient (Wildman–Crippen LogP) is 1.22. The molecule has 4 heteroatoms. The molecule has 2 heterocycles. The summed E-state index contributed by atoms with van der Waals surface area (Å²) in [5.74, 6) is 2.59. The zero-order valence-corrected chi connectivity index (χ0v) is 12.0. The minimum atomic E-state index is -0.534. The van der Waals surface area contributed by atoms with Crippen LogP contribution in [0.2, 0.25) is 0 Å². The highest BCUT2D eigenvalue weighted by Crippen LogP contribution is 2.20. The fourth-order valence-electron chi connectivity index (χ4n) is 3.08. The van der Waals surface area contributed by atoms with Crippen LogP contribution in [0.4, 0.5) is 0 Å². The highest BCUT2D eigenvalue weighted by molar-refractivity contribution is 7.85. The van der Waals surface area contributed by atoms with Crippen LogP contribution in [-0.4, -0.2) is 52.8 Å². The first kappa shape index (κ1) is 13.5. The minimum Gasteiger partial charge on any atom is -0.311 e. The Kier molecular flexibility index (Phi) is 5.00. The van der Waals surface area contributed by atoms with Gasteiger partial charge in [-0.2, -0.15) is 0 Å². The lowest BCUT2D eigenvalue weighted by Crippen LogP contribution is -2.48. The summed E-state index contributed by atoms with van der Waals surface area (Å²) in [5, 5.41) is 3.77. The van der Waals surface area contributed by atoms with Crippen LogP contribution in [0.5, 0.6) is 0 Å². The van der Waals surface area contributed by atoms with Gasteiger partial charge in [0.15, 0.2) is 0 Å². The van der Waals surface area contributed by atoms with E-state index in [0.29, 0.717) is 12.1 Å². The molecule has 2 fully saturated rings. The van der Waals surface area contributed by atoms with E-state index < -0.39 is 10.8 Å². The molecule has 3 nitrogen and oxygen atoms in total. The molecule has 2 saturated heterocycles. The standard InChI is InChI=1S/C13H26N2OS/c1-11(12-4-3-7-15(2)10-12)14-13-5-8-17(16)9-6-13/h11-14H,3-10H2,1-2H3. The average molecular weight is 258 g/mol. The van der Waals surface area contributed by atoms with E-state index in [9.17, 15) is 4.21 Å². The van der Waals surface area contributed by atoms with E-state index in [1.165, 1.54) is 25.9 Å². The van der Waals surface area contributed by atoms with Gasteiger partial charge in [0.25, 0.3) is 0 Å². The predicted molar refractivity (Wildman–Crippen MR) is 73.7 cm³/mol. The molecule has 0 amide bonds. The monoisotopic (exact) mass is 258 g/mol. The van der Waals surface area contributed by atoms with Gasteiger partial charge in [0.2, 0.25) is 0 Å². The Bertz CT molecular complexity index is 262. The summed E-state index contributed by atoms with van der Waals surface area (Å²) >= 11 is 0. The van der Waals surface area contributed by atoms with Gasteiger partial charge in [-0.1, -0.05) is 0 Å². The van der Waals surface area contributed by atoms with E-state index in [1.54, 1.807) is 0 Å². The molecule has 0 saturated carbocycles. The molecule has 2 rings (SSSR count). The summed E-state index contributed by atoms with van der Waals surface area (Å²) in [6.07, 6.45) is 4.89. The van der Waals surface area contributed by atoms with Crippen molar-refractivity contribution in [2.75, 3.05) is 31.6 Å². The number of nitrogens with zero attached hydrogens (tertiary/aromatic N) is 1. The van der Waals surface area contributed by atoms with Crippen LogP contribution in [0, 0.1) is 5.92 Å². The molecule has 100 valence electrons. The van der Waals surface area contributed by atoms with Crippen LogP contribution in [-0.2, 0) is 10.8 Å². The Balaban J connectivity index is 1.76. The second-order valence-corrected chi connectivity index (χ2v) is 7.44. The molecule has 0 aliphatic carbocycles. The Morgan fingerprint density at radius 2 is 2.00 bits per heavy atom. The normalized spacial score (nSPS) is 37.9. The Morgan fingerprint density at radius 3 is 2.65 bits per heavy atom. The first-order chi connectivity index (χ1) is 8.15. The van der Waals surface area contributed by atoms with Crippen molar-refractivity contribution in [1.82, 2.24) is 10.2 Å². The van der Waals surface area contributed by atoms with Gasteiger partial charge in [0.05, 0.1) is 0 Å². The molecule has 2 aliphatic heterocycles. The van der Waals surface area contributed by atoms with Crippen molar-refractivity contribution >= 4 is 10.8 Å². The molecule has 17 heavy (non-hydrogen) atoms. The van der Waals surface area contributed by atoms with Gasteiger partial charge in [0.1, 0.15) is 0 Å². The summed E-state index contributed by atoms with van der Waals surface area (Å²) in [6, 6.07) is 1.21. The molecule has 0 aromatic rings. The quantitative estimate of drug-likeness (QED) is 0.826. The van der Waals surface area contributed by atoms with Gasteiger partial charge in [-0.05, 0) is 52.1 Å². The summed E-state index contributed by atoms with van der Waals surface area (Å²) in [4.78, 5) is 2.45. The molecule has 2 atom stereocenters. The van der Waals surface area contributed by atoms with E-state index in [0.717, 1.165) is 30.3 Å². The topological polar surface area (TPSA) is 32.3 Å². The van der Waals surface area contributed by atoms with Crippen LogP contribution in [0.15, 0.2) is 0 Å². The smallest absolute Gasteiger partial charge is 0.0249 e.